The molecule has 3 heterocycles. The number of aryl methyl sites for hydroxylation is 1. The van der Waals surface area contributed by atoms with Gasteiger partial charge >= 0.3 is 0 Å². The van der Waals surface area contributed by atoms with Gasteiger partial charge in [0.05, 0.1) is 11.5 Å². The van der Waals surface area contributed by atoms with E-state index in [1.54, 1.807) is 18.3 Å². The first-order valence-corrected chi connectivity index (χ1v) is 8.11. The van der Waals surface area contributed by atoms with Crippen LogP contribution in [-0.2, 0) is 4.79 Å². The summed E-state index contributed by atoms with van der Waals surface area (Å²) >= 11 is 1.54. The monoisotopic (exact) mass is 314 g/mol. The number of ketones is 1. The summed E-state index contributed by atoms with van der Waals surface area (Å²) in [4.78, 5) is 33.0. The van der Waals surface area contributed by atoms with Crippen LogP contribution in [0.4, 0.5) is 0 Å². The number of nitrogens with one attached hydrogen (secondary N) is 1. The fraction of sp³-hybridized carbons (Fsp3) is 0.312. The molecule has 2 aromatic rings. The molecule has 4 rings (SSSR count). The molecule has 1 aliphatic heterocycles. The van der Waals surface area contributed by atoms with Crippen molar-refractivity contribution in [2.24, 2.45) is 0 Å². The molecule has 0 spiro atoms. The molecule has 0 bridgehead atoms. The third-order valence-electron chi connectivity index (χ3n) is 4.07. The molecule has 2 aliphatic rings. The molecule has 0 aromatic carbocycles. The molecule has 2 aromatic heterocycles. The lowest BCUT2D eigenvalue weighted by Gasteiger charge is -2.30. The van der Waals surface area contributed by atoms with Crippen LogP contribution in [0.3, 0.4) is 0 Å². The number of ether oxygens (including phenoxy) is 1. The molecule has 0 saturated carbocycles. The molecule has 0 fully saturated rings. The highest BCUT2D eigenvalue weighted by atomic mass is 32.1. The number of thiophene rings is 1. The number of hydrogen-bond acceptors (Lipinski definition) is 5. The number of fused-ring (bicyclic) bond motifs is 1. The van der Waals surface area contributed by atoms with Crippen molar-refractivity contribution in [3.05, 3.63) is 55.5 Å². The minimum atomic E-state index is -0.358. The minimum absolute atomic E-state index is 0.0743. The van der Waals surface area contributed by atoms with E-state index in [2.05, 4.69) is 9.97 Å². The fourth-order valence-electron chi connectivity index (χ4n) is 3.17. The van der Waals surface area contributed by atoms with Crippen LogP contribution in [0, 0.1) is 6.92 Å². The quantitative estimate of drug-likeness (QED) is 0.878. The summed E-state index contributed by atoms with van der Waals surface area (Å²) in [5.74, 6) is 1.25. The van der Waals surface area contributed by atoms with Gasteiger partial charge in [0.25, 0.3) is 5.56 Å². The minimum Gasteiger partial charge on any atom is -0.442 e. The second kappa shape index (κ2) is 4.91. The van der Waals surface area contributed by atoms with Crippen molar-refractivity contribution in [2.75, 3.05) is 0 Å². The molecule has 112 valence electrons. The highest BCUT2D eigenvalue weighted by Crippen LogP contribution is 2.45. The predicted molar refractivity (Wildman–Crippen MR) is 82.3 cm³/mol. The van der Waals surface area contributed by atoms with Gasteiger partial charge in [-0.3, -0.25) is 9.59 Å². The number of H-pyrrole nitrogens is 1. The van der Waals surface area contributed by atoms with Gasteiger partial charge in [-0.15, -0.1) is 11.3 Å². The van der Waals surface area contributed by atoms with Crippen LogP contribution in [0.25, 0.3) is 0 Å². The van der Waals surface area contributed by atoms with E-state index in [1.807, 2.05) is 17.5 Å². The van der Waals surface area contributed by atoms with Gasteiger partial charge in [0, 0.05) is 23.3 Å². The second-order valence-electron chi connectivity index (χ2n) is 5.53. The number of rotatable bonds is 1. The molecular formula is C16H14N2O3S. The van der Waals surface area contributed by atoms with E-state index in [0.717, 1.165) is 17.7 Å². The SMILES string of the molecule is Cc1nc2c(c(=O)[nH]1)C(c1cccs1)C1=C(CCCC1=O)O2. The van der Waals surface area contributed by atoms with Gasteiger partial charge in [-0.05, 0) is 24.8 Å². The Morgan fingerprint density at radius 1 is 1.36 bits per heavy atom. The summed E-state index contributed by atoms with van der Waals surface area (Å²) in [6.45, 7) is 1.72. The Morgan fingerprint density at radius 2 is 2.23 bits per heavy atom. The maximum absolute atomic E-state index is 12.5. The number of carbonyl (C=O) groups is 1. The van der Waals surface area contributed by atoms with Crippen molar-refractivity contribution in [1.82, 2.24) is 9.97 Å². The molecule has 1 aliphatic carbocycles. The molecule has 22 heavy (non-hydrogen) atoms. The number of Topliss-reactive ketones (excluding diaryl/α,β-unsaturated/α-hetero) is 1. The van der Waals surface area contributed by atoms with Crippen molar-refractivity contribution < 1.29 is 9.53 Å². The van der Waals surface area contributed by atoms with Gasteiger partial charge in [-0.2, -0.15) is 4.98 Å². The van der Waals surface area contributed by atoms with Crippen molar-refractivity contribution in [2.45, 2.75) is 32.1 Å². The van der Waals surface area contributed by atoms with E-state index < -0.39 is 0 Å². The molecule has 0 radical (unpaired) electrons. The summed E-state index contributed by atoms with van der Waals surface area (Å²) in [6, 6.07) is 3.88. The standard InChI is InChI=1S/C16H14N2O3S/c1-8-17-15(20)14-13(11-6-3-7-22-11)12-9(19)4-2-5-10(12)21-16(14)18-8/h3,6-7,13H,2,4-5H2,1H3,(H,17,18,20). The Labute approximate surface area is 130 Å². The van der Waals surface area contributed by atoms with E-state index in [0.29, 0.717) is 35.0 Å². The van der Waals surface area contributed by atoms with E-state index in [1.165, 1.54) is 0 Å². The molecule has 5 nitrogen and oxygen atoms in total. The van der Waals surface area contributed by atoms with E-state index in [4.69, 9.17) is 4.74 Å². The van der Waals surface area contributed by atoms with Gasteiger partial charge in [0.2, 0.25) is 5.88 Å². The normalized spacial score (nSPS) is 20.4. The summed E-state index contributed by atoms with van der Waals surface area (Å²) in [5, 5.41) is 1.95. The van der Waals surface area contributed by atoms with Crippen LogP contribution in [0.1, 0.15) is 41.4 Å². The van der Waals surface area contributed by atoms with Gasteiger partial charge < -0.3 is 9.72 Å². The molecule has 1 N–H and O–H groups in total. The number of allylic oxidation sites excluding steroid dienone is 2. The Morgan fingerprint density at radius 3 is 3.00 bits per heavy atom. The zero-order valence-electron chi connectivity index (χ0n) is 12.0. The van der Waals surface area contributed by atoms with Gasteiger partial charge in [0.1, 0.15) is 11.6 Å². The third-order valence-corrected chi connectivity index (χ3v) is 5.01. The first kappa shape index (κ1) is 13.5. The molecule has 1 atom stereocenters. The topological polar surface area (TPSA) is 72.0 Å². The van der Waals surface area contributed by atoms with Gasteiger partial charge in [-0.1, -0.05) is 6.07 Å². The Bertz CT molecular complexity index is 849. The lowest BCUT2D eigenvalue weighted by Crippen LogP contribution is -2.31. The number of hydrogen-bond donors (Lipinski definition) is 1. The zero-order chi connectivity index (χ0) is 15.3. The van der Waals surface area contributed by atoms with E-state index >= 15 is 0 Å². The lowest BCUT2D eigenvalue weighted by molar-refractivity contribution is -0.116. The van der Waals surface area contributed by atoms with Crippen molar-refractivity contribution in [3.63, 3.8) is 0 Å². The Hall–Kier alpha value is -2.21. The molecule has 0 saturated heterocycles. The first-order chi connectivity index (χ1) is 10.6. The largest absolute Gasteiger partial charge is 0.442 e. The van der Waals surface area contributed by atoms with Crippen molar-refractivity contribution >= 4 is 17.1 Å². The van der Waals surface area contributed by atoms with E-state index in [9.17, 15) is 9.59 Å². The molecule has 1 unspecified atom stereocenters. The first-order valence-electron chi connectivity index (χ1n) is 7.23. The predicted octanol–water partition coefficient (Wildman–Crippen LogP) is 2.67. The van der Waals surface area contributed by atoms with Crippen molar-refractivity contribution in [3.8, 4) is 5.88 Å². The maximum Gasteiger partial charge on any atom is 0.258 e. The van der Waals surface area contributed by atoms with Crippen molar-refractivity contribution in [1.29, 1.82) is 0 Å². The molecule has 0 amide bonds. The van der Waals surface area contributed by atoms with Gasteiger partial charge in [-0.25, -0.2) is 0 Å². The van der Waals surface area contributed by atoms with Crippen LogP contribution in [-0.4, -0.2) is 15.8 Å². The van der Waals surface area contributed by atoms with Crippen LogP contribution in [0.2, 0.25) is 0 Å². The van der Waals surface area contributed by atoms with Gasteiger partial charge in [0.15, 0.2) is 5.78 Å². The zero-order valence-corrected chi connectivity index (χ0v) is 12.8. The summed E-state index contributed by atoms with van der Waals surface area (Å²) < 4.78 is 5.83. The van der Waals surface area contributed by atoms with Crippen LogP contribution in [0.15, 0.2) is 33.6 Å². The average Bonchev–Trinajstić information content (AvgIpc) is 2.99. The average molecular weight is 314 g/mol. The number of nitrogens with zero attached hydrogens (tertiary/aromatic N) is 1. The summed E-state index contributed by atoms with van der Waals surface area (Å²) in [5.41, 5.74) is 0.852. The number of carbonyl (C=O) groups excluding carboxylic acids is 1. The number of aromatic amines is 1. The van der Waals surface area contributed by atoms with Crippen LogP contribution >= 0.6 is 11.3 Å². The fourth-order valence-corrected chi connectivity index (χ4v) is 4.01. The third kappa shape index (κ3) is 1.94. The highest BCUT2D eigenvalue weighted by Gasteiger charge is 2.39. The Balaban J connectivity index is 2.01. The second-order valence-corrected chi connectivity index (χ2v) is 6.51. The molecule has 6 heteroatoms. The molecular weight excluding hydrogens is 300 g/mol. The maximum atomic E-state index is 12.5. The van der Waals surface area contributed by atoms with Crippen LogP contribution in [0.5, 0.6) is 5.88 Å². The number of aromatic nitrogens is 2. The summed E-state index contributed by atoms with van der Waals surface area (Å²) in [7, 11) is 0. The van der Waals surface area contributed by atoms with E-state index in [-0.39, 0.29) is 17.3 Å². The Kier molecular flexibility index (Phi) is 3.00. The summed E-state index contributed by atoms with van der Waals surface area (Å²) in [6.07, 6.45) is 2.01. The van der Waals surface area contributed by atoms with Crippen LogP contribution < -0.4 is 10.3 Å². The smallest absolute Gasteiger partial charge is 0.258 e. The lowest BCUT2D eigenvalue weighted by atomic mass is 9.81. The highest BCUT2D eigenvalue weighted by molar-refractivity contribution is 7.10.